The molecule has 17 heavy (non-hydrogen) atoms. The summed E-state index contributed by atoms with van der Waals surface area (Å²) in [7, 11) is -1.73. The second-order valence-corrected chi connectivity index (χ2v) is 3.60. The maximum Gasteiger partial charge on any atom is 0.490 e. The Morgan fingerprint density at radius 3 is 2.71 bits per heavy atom. The van der Waals surface area contributed by atoms with Crippen LogP contribution in [0, 0.1) is 11.3 Å². The van der Waals surface area contributed by atoms with Gasteiger partial charge in [0.25, 0.3) is 0 Å². The molecule has 2 N–H and O–H groups in total. The molecule has 88 valence electrons. The zero-order valence-corrected chi connectivity index (χ0v) is 9.41. The van der Waals surface area contributed by atoms with Gasteiger partial charge in [-0.15, -0.1) is 0 Å². The summed E-state index contributed by atoms with van der Waals surface area (Å²) in [4.78, 5) is 15.3. The highest BCUT2D eigenvalue weighted by atomic mass is 16.5. The van der Waals surface area contributed by atoms with Gasteiger partial charge in [-0.05, 0) is 19.9 Å². The largest absolute Gasteiger partial charge is 0.490 e. The molecule has 1 aromatic rings. The minimum Gasteiger partial charge on any atom is -0.458 e. The summed E-state index contributed by atoms with van der Waals surface area (Å²) in [5, 5.41) is 26.7. The minimum atomic E-state index is -1.73. The Hall–Kier alpha value is -1.91. The molecule has 1 heterocycles. The van der Waals surface area contributed by atoms with E-state index in [1.165, 1.54) is 6.07 Å². The van der Waals surface area contributed by atoms with Gasteiger partial charge in [-0.2, -0.15) is 5.26 Å². The predicted molar refractivity (Wildman–Crippen MR) is 59.3 cm³/mol. The normalized spacial score (nSPS) is 9.88. The summed E-state index contributed by atoms with van der Waals surface area (Å²) < 4.78 is 4.90. The molecule has 0 atom stereocenters. The number of hydrogen-bond acceptors (Lipinski definition) is 6. The third kappa shape index (κ3) is 3.27. The van der Waals surface area contributed by atoms with Gasteiger partial charge in [-0.25, -0.2) is 9.78 Å². The van der Waals surface area contributed by atoms with E-state index < -0.39 is 13.1 Å². The van der Waals surface area contributed by atoms with Crippen molar-refractivity contribution in [2.75, 3.05) is 0 Å². The number of hydrogen-bond donors (Lipinski definition) is 2. The molecule has 0 aliphatic heterocycles. The molecule has 0 radical (unpaired) electrons. The number of carbonyl (C=O) groups is 1. The Morgan fingerprint density at radius 2 is 2.24 bits per heavy atom. The topological polar surface area (TPSA) is 103 Å². The maximum absolute atomic E-state index is 11.6. The molecule has 0 bridgehead atoms. The van der Waals surface area contributed by atoms with E-state index in [0.717, 1.165) is 6.20 Å². The van der Waals surface area contributed by atoms with Gasteiger partial charge in [0.15, 0.2) is 5.69 Å². The fraction of sp³-hybridized carbons (Fsp3) is 0.300. The first-order valence-corrected chi connectivity index (χ1v) is 4.93. The lowest BCUT2D eigenvalue weighted by molar-refractivity contribution is 0.0370. The van der Waals surface area contributed by atoms with E-state index in [9.17, 15) is 4.79 Å². The van der Waals surface area contributed by atoms with Crippen LogP contribution in [0.25, 0.3) is 0 Å². The van der Waals surface area contributed by atoms with E-state index in [4.69, 9.17) is 20.0 Å². The van der Waals surface area contributed by atoms with Gasteiger partial charge in [0.05, 0.1) is 11.7 Å². The summed E-state index contributed by atoms with van der Waals surface area (Å²) >= 11 is 0. The van der Waals surface area contributed by atoms with Crippen molar-refractivity contribution in [2.45, 2.75) is 20.0 Å². The van der Waals surface area contributed by atoms with E-state index in [1.54, 1.807) is 19.9 Å². The van der Waals surface area contributed by atoms with E-state index in [1.807, 2.05) is 0 Å². The average molecular weight is 234 g/mol. The van der Waals surface area contributed by atoms with Crippen molar-refractivity contribution >= 4 is 18.6 Å². The zero-order chi connectivity index (χ0) is 13.0. The fourth-order valence-corrected chi connectivity index (χ4v) is 1.14. The Balaban J connectivity index is 3.10. The van der Waals surface area contributed by atoms with E-state index in [-0.39, 0.29) is 22.8 Å². The lowest BCUT2D eigenvalue weighted by Gasteiger charge is -2.08. The van der Waals surface area contributed by atoms with Crippen molar-refractivity contribution in [3.05, 3.63) is 23.5 Å². The minimum absolute atomic E-state index is 0.0441. The van der Waals surface area contributed by atoms with Gasteiger partial charge in [0.1, 0.15) is 6.07 Å². The first-order chi connectivity index (χ1) is 7.95. The Labute approximate surface area is 98.6 Å². The van der Waals surface area contributed by atoms with Crippen LogP contribution in [0.5, 0.6) is 0 Å². The van der Waals surface area contributed by atoms with Gasteiger partial charge in [-0.1, -0.05) is 0 Å². The smallest absolute Gasteiger partial charge is 0.458 e. The predicted octanol–water partition coefficient (Wildman–Crippen LogP) is -0.802. The van der Waals surface area contributed by atoms with Crippen molar-refractivity contribution in [2.24, 2.45) is 0 Å². The van der Waals surface area contributed by atoms with Gasteiger partial charge >= 0.3 is 13.1 Å². The van der Waals surface area contributed by atoms with Gasteiger partial charge in [-0.3, -0.25) is 0 Å². The van der Waals surface area contributed by atoms with Crippen molar-refractivity contribution < 1.29 is 19.6 Å². The third-order valence-corrected chi connectivity index (χ3v) is 1.86. The Morgan fingerprint density at radius 1 is 1.59 bits per heavy atom. The summed E-state index contributed by atoms with van der Waals surface area (Å²) in [5.41, 5.74) is -0.144. The van der Waals surface area contributed by atoms with Crippen molar-refractivity contribution in [1.29, 1.82) is 5.26 Å². The van der Waals surface area contributed by atoms with Crippen LogP contribution in [0.2, 0.25) is 0 Å². The van der Waals surface area contributed by atoms with Crippen molar-refractivity contribution in [1.82, 2.24) is 4.98 Å². The average Bonchev–Trinajstić information content (AvgIpc) is 2.27. The maximum atomic E-state index is 11.6. The molecule has 0 saturated carbocycles. The molecule has 0 aliphatic rings. The number of esters is 1. The van der Waals surface area contributed by atoms with Crippen LogP contribution in [-0.2, 0) is 4.74 Å². The van der Waals surface area contributed by atoms with Crippen LogP contribution in [0.1, 0.15) is 29.9 Å². The molecule has 6 nitrogen and oxygen atoms in total. The van der Waals surface area contributed by atoms with Crippen LogP contribution >= 0.6 is 0 Å². The lowest BCUT2D eigenvalue weighted by atomic mass is 9.81. The number of carbonyl (C=O) groups excluding carboxylic acids is 1. The molecule has 0 amide bonds. The van der Waals surface area contributed by atoms with E-state index in [0.29, 0.717) is 0 Å². The van der Waals surface area contributed by atoms with E-state index in [2.05, 4.69) is 4.98 Å². The van der Waals surface area contributed by atoms with Crippen LogP contribution in [0.15, 0.2) is 12.3 Å². The second-order valence-electron chi connectivity index (χ2n) is 3.60. The molecule has 0 aliphatic carbocycles. The number of aromatic nitrogens is 1. The first kappa shape index (κ1) is 13.2. The molecule has 0 aromatic carbocycles. The molecule has 0 saturated heterocycles. The Bertz CT molecular complexity index is 468. The molecular formula is C10H11BN2O4. The number of pyridine rings is 1. The summed E-state index contributed by atoms with van der Waals surface area (Å²) in [6.07, 6.45) is 0.793. The molecule has 0 spiro atoms. The van der Waals surface area contributed by atoms with Crippen LogP contribution < -0.4 is 5.46 Å². The first-order valence-electron chi connectivity index (χ1n) is 4.93. The molecule has 1 aromatic heterocycles. The molecule has 7 heteroatoms. The molecule has 1 rings (SSSR count). The zero-order valence-electron chi connectivity index (χ0n) is 9.41. The van der Waals surface area contributed by atoms with Gasteiger partial charge < -0.3 is 14.8 Å². The standard InChI is InChI=1S/C10H11BN2O4/c1-6(2)17-10(14)9-7(4-12)3-8(5-13-9)11(15)16/h3,5-6,15-16H,1-2H3. The van der Waals surface area contributed by atoms with Crippen molar-refractivity contribution in [3.8, 4) is 6.07 Å². The number of rotatable bonds is 3. The number of ether oxygens (including phenoxy) is 1. The number of nitrogens with zero attached hydrogens (tertiary/aromatic N) is 2. The summed E-state index contributed by atoms with van der Waals surface area (Å²) in [5.74, 6) is -0.712. The molecule has 0 unspecified atom stereocenters. The summed E-state index contributed by atoms with van der Waals surface area (Å²) in [6.45, 7) is 3.35. The van der Waals surface area contributed by atoms with Crippen LogP contribution in [-0.4, -0.2) is 34.2 Å². The van der Waals surface area contributed by atoms with Crippen LogP contribution in [0.3, 0.4) is 0 Å². The SMILES string of the molecule is CC(C)OC(=O)c1ncc(B(O)O)cc1C#N. The highest BCUT2D eigenvalue weighted by Crippen LogP contribution is 2.06. The van der Waals surface area contributed by atoms with E-state index >= 15 is 0 Å². The van der Waals surface area contributed by atoms with Gasteiger partial charge in [0.2, 0.25) is 0 Å². The highest BCUT2D eigenvalue weighted by molar-refractivity contribution is 6.58. The Kier molecular flexibility index (Phi) is 4.20. The molecule has 0 fully saturated rings. The third-order valence-electron chi connectivity index (χ3n) is 1.86. The van der Waals surface area contributed by atoms with Crippen LogP contribution in [0.4, 0.5) is 0 Å². The monoisotopic (exact) mass is 234 g/mol. The van der Waals surface area contributed by atoms with Gasteiger partial charge in [0, 0.05) is 11.7 Å². The lowest BCUT2D eigenvalue weighted by Crippen LogP contribution is -2.31. The second kappa shape index (κ2) is 5.43. The highest BCUT2D eigenvalue weighted by Gasteiger charge is 2.20. The van der Waals surface area contributed by atoms with Crippen molar-refractivity contribution in [3.63, 3.8) is 0 Å². The summed E-state index contributed by atoms with van der Waals surface area (Å²) in [6, 6.07) is 2.95. The number of nitriles is 1. The fourth-order valence-electron chi connectivity index (χ4n) is 1.14. The quantitative estimate of drug-likeness (QED) is 0.524. The molecular weight excluding hydrogens is 223 g/mol.